The zero-order valence-corrected chi connectivity index (χ0v) is 8.33. The van der Waals surface area contributed by atoms with Gasteiger partial charge in [0.15, 0.2) is 0 Å². The van der Waals surface area contributed by atoms with Gasteiger partial charge in [0.25, 0.3) is 0 Å². The van der Waals surface area contributed by atoms with Crippen molar-refractivity contribution >= 4 is 22.9 Å². The number of ether oxygens (including phenoxy) is 1. The van der Waals surface area contributed by atoms with E-state index < -0.39 is 0 Å². The molecule has 0 saturated heterocycles. The van der Waals surface area contributed by atoms with Crippen LogP contribution in [0.25, 0.3) is 0 Å². The fraction of sp³-hybridized carbons (Fsp3) is 0.333. The molecular formula is C9H11ClOS. The van der Waals surface area contributed by atoms with Crippen molar-refractivity contribution in [1.29, 1.82) is 0 Å². The molecule has 3 heteroatoms. The second-order valence-corrected chi connectivity index (χ2v) is 3.76. The van der Waals surface area contributed by atoms with Gasteiger partial charge >= 0.3 is 0 Å². The van der Waals surface area contributed by atoms with E-state index in [9.17, 15) is 0 Å². The van der Waals surface area contributed by atoms with E-state index in [-0.39, 0.29) is 0 Å². The third-order valence-corrected chi connectivity index (χ3v) is 2.55. The normalized spacial score (nSPS) is 10.1. The molecule has 1 nitrogen and oxygen atoms in total. The second-order valence-electron chi connectivity index (χ2n) is 2.46. The van der Waals surface area contributed by atoms with Gasteiger partial charge in [-0.2, -0.15) is 0 Å². The van der Waals surface area contributed by atoms with Crippen LogP contribution in [-0.4, -0.2) is 12.5 Å². The summed E-state index contributed by atoms with van der Waals surface area (Å²) in [6.45, 7) is 4.96. The van der Waals surface area contributed by atoms with Crippen LogP contribution in [0.2, 0.25) is 0 Å². The molecular weight excluding hydrogens is 192 g/mol. The third-order valence-electron chi connectivity index (χ3n) is 1.32. The molecule has 0 aliphatic rings. The summed E-state index contributed by atoms with van der Waals surface area (Å²) < 4.78 is 5.36. The van der Waals surface area contributed by atoms with E-state index in [2.05, 4.69) is 6.58 Å². The minimum Gasteiger partial charge on any atom is -0.372 e. The largest absolute Gasteiger partial charge is 0.372 e. The Bertz CT molecular complexity index is 231. The van der Waals surface area contributed by atoms with E-state index in [1.807, 2.05) is 17.5 Å². The molecule has 0 aliphatic heterocycles. The van der Waals surface area contributed by atoms with E-state index in [0.717, 1.165) is 5.57 Å². The summed E-state index contributed by atoms with van der Waals surface area (Å²) in [5.74, 6) is 0.477. The van der Waals surface area contributed by atoms with Crippen LogP contribution in [0.4, 0.5) is 0 Å². The van der Waals surface area contributed by atoms with Crippen LogP contribution in [-0.2, 0) is 11.3 Å². The standard InChI is InChI=1S/C9H11ClOS/c1-8(5-10)6-11-7-9-3-2-4-12-9/h2-4H,1,5-7H2. The molecule has 1 rings (SSSR count). The van der Waals surface area contributed by atoms with Crippen molar-refractivity contribution in [3.8, 4) is 0 Å². The maximum atomic E-state index is 5.54. The summed E-state index contributed by atoms with van der Waals surface area (Å²) in [6.07, 6.45) is 0. The molecule has 0 fully saturated rings. The molecule has 0 amide bonds. The van der Waals surface area contributed by atoms with E-state index in [0.29, 0.717) is 19.1 Å². The van der Waals surface area contributed by atoms with Crippen LogP contribution in [0.3, 0.4) is 0 Å². The van der Waals surface area contributed by atoms with E-state index >= 15 is 0 Å². The fourth-order valence-electron chi connectivity index (χ4n) is 0.729. The molecule has 1 aromatic rings. The molecule has 66 valence electrons. The lowest BCUT2D eigenvalue weighted by molar-refractivity contribution is 0.145. The molecule has 0 unspecified atom stereocenters. The predicted molar refractivity (Wildman–Crippen MR) is 53.8 cm³/mol. The van der Waals surface area contributed by atoms with Gasteiger partial charge < -0.3 is 4.74 Å². The SMILES string of the molecule is C=C(CCl)COCc1cccs1. The van der Waals surface area contributed by atoms with Gasteiger partial charge in [-0.3, -0.25) is 0 Å². The molecule has 0 N–H and O–H groups in total. The lowest BCUT2D eigenvalue weighted by Crippen LogP contribution is -1.97. The molecule has 0 aromatic carbocycles. The number of thiophene rings is 1. The molecule has 12 heavy (non-hydrogen) atoms. The molecule has 1 heterocycles. The van der Waals surface area contributed by atoms with E-state index in [1.54, 1.807) is 11.3 Å². The first kappa shape index (κ1) is 9.78. The first-order valence-electron chi connectivity index (χ1n) is 3.65. The highest BCUT2D eigenvalue weighted by atomic mass is 35.5. The fourth-order valence-corrected chi connectivity index (χ4v) is 1.45. The van der Waals surface area contributed by atoms with Crippen molar-refractivity contribution in [1.82, 2.24) is 0 Å². The lowest BCUT2D eigenvalue weighted by atomic mass is 10.4. The molecule has 0 aliphatic carbocycles. The average molecular weight is 203 g/mol. The Morgan fingerprint density at radius 2 is 2.50 bits per heavy atom. The summed E-state index contributed by atoms with van der Waals surface area (Å²) in [6, 6.07) is 4.06. The van der Waals surface area contributed by atoms with Crippen molar-refractivity contribution in [3.05, 3.63) is 34.5 Å². The first-order valence-corrected chi connectivity index (χ1v) is 5.07. The van der Waals surface area contributed by atoms with Crippen molar-refractivity contribution in [2.45, 2.75) is 6.61 Å². The van der Waals surface area contributed by atoms with Crippen molar-refractivity contribution in [2.75, 3.05) is 12.5 Å². The van der Waals surface area contributed by atoms with Crippen LogP contribution >= 0.6 is 22.9 Å². The van der Waals surface area contributed by atoms with Gasteiger partial charge in [-0.15, -0.1) is 22.9 Å². The van der Waals surface area contributed by atoms with Gasteiger partial charge in [0, 0.05) is 10.8 Å². The van der Waals surface area contributed by atoms with Crippen LogP contribution in [0.5, 0.6) is 0 Å². The smallest absolute Gasteiger partial charge is 0.0813 e. The van der Waals surface area contributed by atoms with Gasteiger partial charge in [0.1, 0.15) is 0 Å². The zero-order valence-electron chi connectivity index (χ0n) is 6.75. The van der Waals surface area contributed by atoms with Crippen molar-refractivity contribution in [3.63, 3.8) is 0 Å². The first-order chi connectivity index (χ1) is 5.83. The number of hydrogen-bond donors (Lipinski definition) is 0. The van der Waals surface area contributed by atoms with E-state index in [4.69, 9.17) is 16.3 Å². The molecule has 1 aromatic heterocycles. The highest BCUT2D eigenvalue weighted by Crippen LogP contribution is 2.10. The summed E-state index contributed by atoms with van der Waals surface area (Å²) in [5, 5.41) is 2.04. The third kappa shape index (κ3) is 3.39. The Kier molecular flexibility index (Phi) is 4.36. The minimum atomic E-state index is 0.477. The zero-order chi connectivity index (χ0) is 8.81. The molecule has 0 radical (unpaired) electrons. The number of hydrogen-bond acceptors (Lipinski definition) is 2. The Morgan fingerprint density at radius 1 is 1.67 bits per heavy atom. The second kappa shape index (κ2) is 5.36. The predicted octanol–water partition coefficient (Wildman–Crippen LogP) is 3.06. The number of halogens is 1. The van der Waals surface area contributed by atoms with Crippen molar-refractivity contribution < 1.29 is 4.74 Å². The van der Waals surface area contributed by atoms with E-state index in [1.165, 1.54) is 4.88 Å². The number of alkyl halides is 1. The Balaban J connectivity index is 2.15. The summed E-state index contributed by atoms with van der Waals surface area (Å²) in [5.41, 5.74) is 0.924. The monoisotopic (exact) mass is 202 g/mol. The summed E-state index contributed by atoms with van der Waals surface area (Å²) >= 11 is 7.23. The van der Waals surface area contributed by atoms with Crippen LogP contribution in [0.1, 0.15) is 4.88 Å². The Morgan fingerprint density at radius 3 is 3.08 bits per heavy atom. The molecule has 0 saturated carbocycles. The van der Waals surface area contributed by atoms with Gasteiger partial charge in [-0.25, -0.2) is 0 Å². The van der Waals surface area contributed by atoms with Gasteiger partial charge in [-0.1, -0.05) is 12.6 Å². The molecule has 0 atom stereocenters. The van der Waals surface area contributed by atoms with Crippen molar-refractivity contribution in [2.24, 2.45) is 0 Å². The number of rotatable bonds is 5. The quantitative estimate of drug-likeness (QED) is 0.527. The van der Waals surface area contributed by atoms with Gasteiger partial charge in [-0.05, 0) is 17.0 Å². The lowest BCUT2D eigenvalue weighted by Gasteiger charge is -2.01. The van der Waals surface area contributed by atoms with Crippen LogP contribution in [0, 0.1) is 0 Å². The highest BCUT2D eigenvalue weighted by molar-refractivity contribution is 7.09. The Hall–Kier alpha value is -0.310. The molecule has 0 bridgehead atoms. The van der Waals surface area contributed by atoms with Gasteiger partial charge in [0.05, 0.1) is 13.2 Å². The van der Waals surface area contributed by atoms with Crippen LogP contribution < -0.4 is 0 Å². The minimum absolute atomic E-state index is 0.477. The maximum Gasteiger partial charge on any atom is 0.0813 e. The average Bonchev–Trinajstić information content (AvgIpc) is 2.57. The molecule has 0 spiro atoms. The van der Waals surface area contributed by atoms with Crippen LogP contribution in [0.15, 0.2) is 29.7 Å². The topological polar surface area (TPSA) is 9.23 Å². The van der Waals surface area contributed by atoms with Gasteiger partial charge in [0.2, 0.25) is 0 Å². The Labute approximate surface area is 81.6 Å². The summed E-state index contributed by atoms with van der Waals surface area (Å²) in [4.78, 5) is 1.23. The maximum absolute atomic E-state index is 5.54. The summed E-state index contributed by atoms with van der Waals surface area (Å²) in [7, 11) is 0. The highest BCUT2D eigenvalue weighted by Gasteiger charge is 1.95.